The Morgan fingerprint density at radius 2 is 2.08 bits per heavy atom. The van der Waals surface area contributed by atoms with Gasteiger partial charge in [-0.2, -0.15) is 0 Å². The van der Waals surface area contributed by atoms with Gasteiger partial charge >= 0.3 is 0 Å². The molecule has 1 rings (SSSR count). The number of hydrogen-bond donors (Lipinski definition) is 1. The van der Waals surface area contributed by atoms with Crippen LogP contribution in [0.5, 0.6) is 5.75 Å². The zero-order valence-electron chi connectivity index (χ0n) is 7.26. The molecule has 0 amide bonds. The third-order valence-corrected chi connectivity index (χ3v) is 2.14. The monoisotopic (exact) mass is 219 g/mol. The predicted octanol–water partition coefficient (Wildman–Crippen LogP) is 2.72. The van der Waals surface area contributed by atoms with E-state index >= 15 is 0 Å². The van der Waals surface area contributed by atoms with Crippen molar-refractivity contribution in [3.8, 4) is 5.75 Å². The summed E-state index contributed by atoms with van der Waals surface area (Å²) in [5.74, 6) is 0.687. The number of nitrogens with two attached hydrogens (primary N) is 1. The lowest BCUT2D eigenvalue weighted by Crippen LogP contribution is -2.23. The Hall–Kier alpha value is -0.440. The van der Waals surface area contributed by atoms with Crippen molar-refractivity contribution in [3.63, 3.8) is 0 Å². The second-order valence-corrected chi connectivity index (χ2v) is 3.68. The molecule has 0 aliphatic heterocycles. The topological polar surface area (TPSA) is 35.2 Å². The van der Waals surface area contributed by atoms with Crippen LogP contribution in [0.4, 0.5) is 0 Å². The van der Waals surface area contributed by atoms with Crippen LogP contribution in [0.2, 0.25) is 10.0 Å². The summed E-state index contributed by atoms with van der Waals surface area (Å²) in [5.41, 5.74) is 5.52. The van der Waals surface area contributed by atoms with Gasteiger partial charge in [0.15, 0.2) is 0 Å². The molecule has 0 radical (unpaired) electrons. The Morgan fingerprint density at radius 1 is 1.38 bits per heavy atom. The maximum Gasteiger partial charge on any atom is 0.120 e. The zero-order valence-corrected chi connectivity index (χ0v) is 8.77. The van der Waals surface area contributed by atoms with Crippen molar-refractivity contribution in [3.05, 3.63) is 28.2 Å². The van der Waals surface area contributed by atoms with Gasteiger partial charge in [0, 0.05) is 12.1 Å². The maximum atomic E-state index is 5.79. The normalized spacial score (nSPS) is 12.6. The summed E-state index contributed by atoms with van der Waals surface area (Å²) in [4.78, 5) is 0. The van der Waals surface area contributed by atoms with Crippen LogP contribution in [-0.4, -0.2) is 12.6 Å². The lowest BCUT2D eigenvalue weighted by Gasteiger charge is -2.08. The highest BCUT2D eigenvalue weighted by Gasteiger charge is 2.01. The minimum atomic E-state index is 0.00875. The lowest BCUT2D eigenvalue weighted by atomic mass is 10.3. The molecule has 0 saturated carbocycles. The Balaban J connectivity index is 2.63. The highest BCUT2D eigenvalue weighted by molar-refractivity contribution is 6.42. The first-order chi connectivity index (χ1) is 6.09. The summed E-state index contributed by atoms with van der Waals surface area (Å²) in [6, 6.07) is 5.14. The fourth-order valence-corrected chi connectivity index (χ4v) is 1.08. The molecule has 0 spiro atoms. The Bertz CT molecular complexity index is 289. The van der Waals surface area contributed by atoms with Crippen molar-refractivity contribution < 1.29 is 4.74 Å². The highest BCUT2D eigenvalue weighted by Crippen LogP contribution is 2.26. The predicted molar refractivity (Wildman–Crippen MR) is 55.6 cm³/mol. The first kappa shape index (κ1) is 10.6. The van der Waals surface area contributed by atoms with Gasteiger partial charge in [0.25, 0.3) is 0 Å². The van der Waals surface area contributed by atoms with Gasteiger partial charge in [0.1, 0.15) is 12.4 Å². The summed E-state index contributed by atoms with van der Waals surface area (Å²) in [7, 11) is 0. The molecule has 0 aliphatic carbocycles. The summed E-state index contributed by atoms with van der Waals surface area (Å²) >= 11 is 11.5. The van der Waals surface area contributed by atoms with Crippen molar-refractivity contribution in [2.24, 2.45) is 5.73 Å². The number of hydrogen-bond acceptors (Lipinski definition) is 2. The molecule has 0 aromatic heterocycles. The molecule has 0 unspecified atom stereocenters. The Kier molecular flexibility index (Phi) is 3.85. The van der Waals surface area contributed by atoms with Gasteiger partial charge in [-0.1, -0.05) is 23.2 Å². The van der Waals surface area contributed by atoms with E-state index < -0.39 is 0 Å². The average Bonchev–Trinajstić information content (AvgIpc) is 2.07. The van der Waals surface area contributed by atoms with Gasteiger partial charge in [-0.05, 0) is 19.1 Å². The number of benzene rings is 1. The van der Waals surface area contributed by atoms with Crippen LogP contribution in [-0.2, 0) is 0 Å². The van der Waals surface area contributed by atoms with Crippen LogP contribution in [0.15, 0.2) is 18.2 Å². The third kappa shape index (κ3) is 3.43. The van der Waals surface area contributed by atoms with Crippen molar-refractivity contribution >= 4 is 23.2 Å². The van der Waals surface area contributed by atoms with Gasteiger partial charge < -0.3 is 10.5 Å². The molecule has 1 aromatic carbocycles. The molecule has 13 heavy (non-hydrogen) atoms. The van der Waals surface area contributed by atoms with Crippen molar-refractivity contribution in [1.29, 1.82) is 0 Å². The van der Waals surface area contributed by atoms with Gasteiger partial charge in [-0.3, -0.25) is 0 Å². The second kappa shape index (κ2) is 4.70. The van der Waals surface area contributed by atoms with E-state index in [-0.39, 0.29) is 6.04 Å². The summed E-state index contributed by atoms with van der Waals surface area (Å²) in [6.07, 6.45) is 0. The summed E-state index contributed by atoms with van der Waals surface area (Å²) in [5, 5.41) is 1.01. The van der Waals surface area contributed by atoms with E-state index in [0.29, 0.717) is 22.4 Å². The molecule has 72 valence electrons. The minimum Gasteiger partial charge on any atom is -0.492 e. The molecule has 1 atom stereocenters. The van der Waals surface area contributed by atoms with Crippen LogP contribution >= 0.6 is 23.2 Å². The van der Waals surface area contributed by atoms with Crippen LogP contribution in [0.1, 0.15) is 6.92 Å². The molecular weight excluding hydrogens is 209 g/mol. The molecular formula is C9H11Cl2NO. The molecule has 0 heterocycles. The number of rotatable bonds is 3. The molecule has 0 saturated heterocycles. The van der Waals surface area contributed by atoms with Gasteiger partial charge in [0.2, 0.25) is 0 Å². The third-order valence-electron chi connectivity index (χ3n) is 1.40. The lowest BCUT2D eigenvalue weighted by molar-refractivity contribution is 0.296. The smallest absolute Gasteiger partial charge is 0.120 e. The Morgan fingerprint density at radius 3 is 2.62 bits per heavy atom. The standard InChI is InChI=1S/C9H11Cl2NO/c1-6(12)5-13-7-2-3-8(10)9(11)4-7/h2-4,6H,5,12H2,1H3/t6-/m1/s1. The summed E-state index contributed by atoms with van der Waals surface area (Å²) < 4.78 is 5.34. The zero-order chi connectivity index (χ0) is 9.84. The van der Waals surface area contributed by atoms with E-state index in [1.807, 2.05) is 6.92 Å². The molecule has 2 nitrogen and oxygen atoms in total. The minimum absolute atomic E-state index is 0.00875. The molecule has 0 aliphatic rings. The second-order valence-electron chi connectivity index (χ2n) is 2.86. The van der Waals surface area contributed by atoms with Crippen LogP contribution in [0, 0.1) is 0 Å². The van der Waals surface area contributed by atoms with Gasteiger partial charge in [-0.25, -0.2) is 0 Å². The fourth-order valence-electron chi connectivity index (χ4n) is 0.794. The highest BCUT2D eigenvalue weighted by atomic mass is 35.5. The first-order valence-corrected chi connectivity index (χ1v) is 4.68. The van der Waals surface area contributed by atoms with E-state index in [1.54, 1.807) is 18.2 Å². The SMILES string of the molecule is C[C@@H](N)COc1ccc(Cl)c(Cl)c1. The molecule has 0 bridgehead atoms. The van der Waals surface area contributed by atoms with Crippen LogP contribution < -0.4 is 10.5 Å². The molecule has 0 fully saturated rings. The average molecular weight is 220 g/mol. The quantitative estimate of drug-likeness (QED) is 0.849. The van der Waals surface area contributed by atoms with Gasteiger partial charge in [-0.15, -0.1) is 0 Å². The fraction of sp³-hybridized carbons (Fsp3) is 0.333. The largest absolute Gasteiger partial charge is 0.492 e. The first-order valence-electron chi connectivity index (χ1n) is 3.93. The van der Waals surface area contributed by atoms with E-state index in [1.165, 1.54) is 0 Å². The van der Waals surface area contributed by atoms with E-state index in [4.69, 9.17) is 33.7 Å². The number of ether oxygens (including phenoxy) is 1. The summed E-state index contributed by atoms with van der Waals surface area (Å²) in [6.45, 7) is 2.34. The van der Waals surface area contributed by atoms with Crippen molar-refractivity contribution in [1.82, 2.24) is 0 Å². The van der Waals surface area contributed by atoms with E-state index in [2.05, 4.69) is 0 Å². The maximum absolute atomic E-state index is 5.79. The molecule has 4 heteroatoms. The number of halogens is 2. The van der Waals surface area contributed by atoms with Crippen molar-refractivity contribution in [2.75, 3.05) is 6.61 Å². The van der Waals surface area contributed by atoms with Crippen LogP contribution in [0.3, 0.4) is 0 Å². The molecule has 2 N–H and O–H groups in total. The van der Waals surface area contributed by atoms with Crippen LogP contribution in [0.25, 0.3) is 0 Å². The van der Waals surface area contributed by atoms with E-state index in [0.717, 1.165) is 0 Å². The van der Waals surface area contributed by atoms with Gasteiger partial charge in [0.05, 0.1) is 10.0 Å². The van der Waals surface area contributed by atoms with E-state index in [9.17, 15) is 0 Å². The van der Waals surface area contributed by atoms with Crippen molar-refractivity contribution in [2.45, 2.75) is 13.0 Å². The Labute approximate surface area is 87.6 Å². The molecule has 1 aromatic rings.